The number of anilines is 1. The minimum Gasteiger partial charge on any atom is -0.497 e. The number of aryl methyl sites for hydroxylation is 1. The predicted octanol–water partition coefficient (Wildman–Crippen LogP) is 10.0. The summed E-state index contributed by atoms with van der Waals surface area (Å²) in [6.07, 6.45) is -4.41. The van der Waals surface area contributed by atoms with Crippen LogP contribution in [0, 0.1) is 6.92 Å². The predicted molar refractivity (Wildman–Crippen MR) is 213 cm³/mol. The molecular formula is C45H43F3N4O5. The highest BCUT2D eigenvalue weighted by atomic mass is 19.4. The number of esters is 1. The molecule has 0 aliphatic carbocycles. The van der Waals surface area contributed by atoms with Crippen LogP contribution in [-0.4, -0.2) is 52.7 Å². The summed E-state index contributed by atoms with van der Waals surface area (Å²) in [5, 5.41) is 7.30. The number of carbonyl (C=O) groups is 2. The van der Waals surface area contributed by atoms with Gasteiger partial charge in [-0.2, -0.15) is 18.2 Å². The van der Waals surface area contributed by atoms with E-state index >= 15 is 0 Å². The standard InChI is InChI=1S/C45H43F3N4O5/c1-29-6-10-31(11-7-29)32-14-16-35(17-15-32)42-50-41(51-57-42)34-12-8-30(9-13-34)27-52(28-40(53)56-44(2,3)4)43(54)36-18-21-37(22-19-36)49-25-24-33-20-23-38(55-5)26-39(33)45(46,47)48/h6-23,26,49H,24-25,27-28H2,1-5H3. The first-order valence-corrected chi connectivity index (χ1v) is 18.3. The van der Waals surface area contributed by atoms with Crippen LogP contribution in [0.25, 0.3) is 34.0 Å². The molecule has 57 heavy (non-hydrogen) atoms. The van der Waals surface area contributed by atoms with Crippen molar-refractivity contribution in [2.75, 3.05) is 25.5 Å². The lowest BCUT2D eigenvalue weighted by Crippen LogP contribution is -2.38. The van der Waals surface area contributed by atoms with E-state index in [1.165, 1.54) is 29.7 Å². The number of hydrogen-bond acceptors (Lipinski definition) is 8. The molecule has 12 heteroatoms. The highest BCUT2D eigenvalue weighted by molar-refractivity contribution is 5.96. The maximum absolute atomic E-state index is 13.8. The van der Waals surface area contributed by atoms with E-state index in [9.17, 15) is 22.8 Å². The number of rotatable bonds is 13. The lowest BCUT2D eigenvalue weighted by molar-refractivity contribution is -0.155. The van der Waals surface area contributed by atoms with Crippen LogP contribution in [0.15, 0.2) is 120 Å². The Hall–Kier alpha value is -6.43. The van der Waals surface area contributed by atoms with Crippen molar-refractivity contribution in [1.82, 2.24) is 15.0 Å². The Labute approximate surface area is 329 Å². The highest BCUT2D eigenvalue weighted by Crippen LogP contribution is 2.35. The molecule has 0 fully saturated rings. The van der Waals surface area contributed by atoms with Crippen LogP contribution in [0.4, 0.5) is 18.9 Å². The molecule has 0 atom stereocenters. The number of nitrogens with zero attached hydrogens (tertiary/aromatic N) is 3. The zero-order chi connectivity index (χ0) is 40.7. The Balaban J connectivity index is 1.11. The maximum Gasteiger partial charge on any atom is 0.416 e. The van der Waals surface area contributed by atoms with Crippen molar-refractivity contribution in [2.24, 2.45) is 0 Å². The van der Waals surface area contributed by atoms with Gasteiger partial charge in [-0.1, -0.05) is 77.5 Å². The van der Waals surface area contributed by atoms with Crippen LogP contribution < -0.4 is 10.1 Å². The minimum absolute atomic E-state index is 0.104. The molecule has 1 heterocycles. The summed E-state index contributed by atoms with van der Waals surface area (Å²) >= 11 is 0. The summed E-state index contributed by atoms with van der Waals surface area (Å²) in [6, 6.07) is 34.0. The zero-order valence-electron chi connectivity index (χ0n) is 32.3. The largest absolute Gasteiger partial charge is 0.497 e. The second-order valence-corrected chi connectivity index (χ2v) is 14.6. The van der Waals surface area contributed by atoms with Crippen molar-refractivity contribution in [3.05, 3.63) is 143 Å². The van der Waals surface area contributed by atoms with Crippen LogP contribution in [0.2, 0.25) is 0 Å². The number of halogens is 3. The summed E-state index contributed by atoms with van der Waals surface area (Å²) in [4.78, 5) is 32.8. The topological polar surface area (TPSA) is 107 Å². The number of methoxy groups -OCH3 is 1. The molecular weight excluding hydrogens is 734 g/mol. The number of carbonyl (C=O) groups excluding carboxylic acids is 2. The molecule has 0 aliphatic heterocycles. The zero-order valence-corrected chi connectivity index (χ0v) is 32.3. The van der Waals surface area contributed by atoms with Crippen LogP contribution >= 0.6 is 0 Å². The van der Waals surface area contributed by atoms with Gasteiger partial charge in [0.25, 0.3) is 11.8 Å². The van der Waals surface area contributed by atoms with Crippen LogP contribution in [0.3, 0.4) is 0 Å². The SMILES string of the molecule is COc1ccc(CCNc2ccc(C(=O)N(CC(=O)OC(C)(C)C)Cc3ccc(-c4noc(-c5ccc(-c6ccc(C)cc6)cc5)n4)cc3)cc2)c(C(F)(F)F)c1. The Kier molecular flexibility index (Phi) is 12.1. The highest BCUT2D eigenvalue weighted by Gasteiger charge is 2.33. The molecule has 1 aromatic heterocycles. The molecule has 0 aliphatic rings. The van der Waals surface area contributed by atoms with Crippen LogP contribution in [0.5, 0.6) is 5.75 Å². The second-order valence-electron chi connectivity index (χ2n) is 14.6. The smallest absolute Gasteiger partial charge is 0.416 e. The summed E-state index contributed by atoms with van der Waals surface area (Å²) in [5.74, 6) is -0.0479. The van der Waals surface area contributed by atoms with Crippen molar-refractivity contribution in [3.8, 4) is 39.7 Å². The molecule has 6 rings (SSSR count). The number of nitrogens with one attached hydrogen (secondary N) is 1. The van der Waals surface area contributed by atoms with E-state index in [1.54, 1.807) is 45.0 Å². The average molecular weight is 777 g/mol. The Morgan fingerprint density at radius 3 is 2.02 bits per heavy atom. The summed E-state index contributed by atoms with van der Waals surface area (Å²) < 4.78 is 57.0. The van der Waals surface area contributed by atoms with Gasteiger partial charge >= 0.3 is 12.1 Å². The monoisotopic (exact) mass is 776 g/mol. The maximum atomic E-state index is 13.8. The van der Waals surface area contributed by atoms with Crippen molar-refractivity contribution >= 4 is 17.6 Å². The average Bonchev–Trinajstić information content (AvgIpc) is 3.68. The number of aromatic nitrogens is 2. The Morgan fingerprint density at radius 2 is 1.40 bits per heavy atom. The third-order valence-electron chi connectivity index (χ3n) is 9.03. The van der Waals surface area contributed by atoms with Gasteiger partial charge in [-0.15, -0.1) is 0 Å². The molecule has 6 aromatic rings. The van der Waals surface area contributed by atoms with Gasteiger partial charge in [0.15, 0.2) is 0 Å². The number of hydrogen-bond donors (Lipinski definition) is 1. The lowest BCUT2D eigenvalue weighted by Gasteiger charge is -2.25. The van der Waals surface area contributed by atoms with E-state index < -0.39 is 29.2 Å². The molecule has 0 saturated carbocycles. The molecule has 0 bridgehead atoms. The molecule has 0 saturated heterocycles. The second kappa shape index (κ2) is 17.2. The van der Waals surface area contributed by atoms with E-state index in [-0.39, 0.29) is 37.4 Å². The summed E-state index contributed by atoms with van der Waals surface area (Å²) in [7, 11) is 1.32. The first-order valence-electron chi connectivity index (χ1n) is 18.3. The van der Waals surface area contributed by atoms with Crippen LogP contribution in [-0.2, 0) is 28.7 Å². The fourth-order valence-corrected chi connectivity index (χ4v) is 6.14. The van der Waals surface area contributed by atoms with Crippen LogP contribution in [0.1, 0.15) is 53.4 Å². The van der Waals surface area contributed by atoms with Gasteiger partial charge in [-0.3, -0.25) is 9.59 Å². The molecule has 0 radical (unpaired) electrons. The third kappa shape index (κ3) is 10.7. The summed E-state index contributed by atoms with van der Waals surface area (Å²) in [6.45, 7) is 7.34. The first-order chi connectivity index (χ1) is 27.1. The van der Waals surface area contributed by atoms with E-state index in [1.807, 2.05) is 48.5 Å². The van der Waals surface area contributed by atoms with E-state index in [4.69, 9.17) is 14.0 Å². The quantitative estimate of drug-likeness (QED) is 0.116. The third-order valence-corrected chi connectivity index (χ3v) is 9.03. The van der Waals surface area contributed by atoms with Crippen molar-refractivity contribution in [2.45, 2.75) is 52.4 Å². The Morgan fingerprint density at radius 1 is 0.789 bits per heavy atom. The molecule has 0 unspecified atom stereocenters. The number of benzene rings is 5. The fraction of sp³-hybridized carbons (Fsp3) is 0.244. The number of alkyl halides is 3. The van der Waals surface area contributed by atoms with Crippen molar-refractivity contribution < 1.29 is 36.8 Å². The van der Waals surface area contributed by atoms with E-state index in [0.29, 0.717) is 28.5 Å². The molecule has 5 aromatic carbocycles. The Bertz CT molecular complexity index is 2300. The number of ether oxygens (including phenoxy) is 2. The molecule has 294 valence electrons. The van der Waals surface area contributed by atoms with Crippen molar-refractivity contribution in [1.29, 1.82) is 0 Å². The van der Waals surface area contributed by atoms with Crippen molar-refractivity contribution in [3.63, 3.8) is 0 Å². The van der Waals surface area contributed by atoms with Gasteiger partial charge in [-0.05, 0) is 105 Å². The van der Waals surface area contributed by atoms with Gasteiger partial charge in [0.1, 0.15) is 17.9 Å². The molecule has 9 nitrogen and oxygen atoms in total. The van der Waals surface area contributed by atoms with Gasteiger partial charge in [-0.25, -0.2) is 0 Å². The molecule has 0 spiro atoms. The minimum atomic E-state index is -4.52. The molecule has 1 N–H and O–H groups in total. The van der Waals surface area contributed by atoms with Gasteiger partial charge in [0.2, 0.25) is 5.82 Å². The van der Waals surface area contributed by atoms with E-state index in [2.05, 4.69) is 46.6 Å². The van der Waals surface area contributed by atoms with Gasteiger partial charge < -0.3 is 24.2 Å². The lowest BCUT2D eigenvalue weighted by atomic mass is 10.0. The molecule has 1 amide bonds. The first kappa shape index (κ1) is 40.2. The summed E-state index contributed by atoms with van der Waals surface area (Å²) in [5.41, 5.74) is 5.21. The van der Waals surface area contributed by atoms with Gasteiger partial charge in [0, 0.05) is 35.5 Å². The fourth-order valence-electron chi connectivity index (χ4n) is 6.14. The number of amides is 1. The van der Waals surface area contributed by atoms with E-state index in [0.717, 1.165) is 28.3 Å². The normalized spacial score (nSPS) is 11.6. The van der Waals surface area contributed by atoms with Gasteiger partial charge in [0.05, 0.1) is 12.7 Å².